The summed E-state index contributed by atoms with van der Waals surface area (Å²) in [4.78, 5) is 37.1. The van der Waals surface area contributed by atoms with Crippen LogP contribution in [0, 0.1) is 0 Å². The molecule has 0 aromatic carbocycles. The Morgan fingerprint density at radius 1 is 1.34 bits per heavy atom. The molecule has 2 aromatic heterocycles. The molecule has 0 unspecified atom stereocenters. The van der Waals surface area contributed by atoms with Gasteiger partial charge >= 0.3 is 0 Å². The number of carbonyl (C=O) groups is 1. The van der Waals surface area contributed by atoms with E-state index in [4.69, 9.17) is 0 Å². The van der Waals surface area contributed by atoms with E-state index in [2.05, 4.69) is 44.7 Å². The summed E-state index contributed by atoms with van der Waals surface area (Å²) in [6.45, 7) is 5.90. The van der Waals surface area contributed by atoms with E-state index >= 15 is 0 Å². The van der Waals surface area contributed by atoms with Gasteiger partial charge in [0.05, 0.1) is 11.7 Å². The molecule has 4 N–H and O–H groups in total. The predicted molar refractivity (Wildman–Crippen MR) is 114 cm³/mol. The van der Waals surface area contributed by atoms with Crippen molar-refractivity contribution in [3.8, 4) is 11.3 Å². The molecule has 1 saturated heterocycles. The number of carbonyl (C=O) groups excluding carboxylic acids is 1. The van der Waals surface area contributed by atoms with Crippen molar-refractivity contribution < 1.29 is 4.79 Å². The zero-order valence-electron chi connectivity index (χ0n) is 16.9. The number of likely N-dealkylation sites (tertiary alicyclic amines) is 1. The number of rotatable bonds is 8. The fraction of sp³-hybridized carbons (Fsp3) is 0.400. The fourth-order valence-corrected chi connectivity index (χ4v) is 2.93. The Kier molecular flexibility index (Phi) is 6.61. The molecule has 0 radical (unpaired) electrons. The van der Waals surface area contributed by atoms with Gasteiger partial charge in [0.25, 0.3) is 5.56 Å². The van der Waals surface area contributed by atoms with Gasteiger partial charge in [-0.25, -0.2) is 9.97 Å². The molecule has 29 heavy (non-hydrogen) atoms. The maximum absolute atomic E-state index is 12.2. The zero-order chi connectivity index (χ0) is 20.8. The summed E-state index contributed by atoms with van der Waals surface area (Å²) in [6, 6.07) is 3.99. The highest BCUT2D eigenvalue weighted by Crippen LogP contribution is 2.20. The number of amides is 1. The first kappa shape index (κ1) is 20.5. The van der Waals surface area contributed by atoms with Crippen LogP contribution in [0.4, 0.5) is 11.5 Å². The van der Waals surface area contributed by atoms with Gasteiger partial charge in [-0.1, -0.05) is 19.9 Å². The lowest BCUT2D eigenvalue weighted by atomic mass is 10.1. The zero-order valence-corrected chi connectivity index (χ0v) is 16.9. The minimum atomic E-state index is -0.207. The smallest absolute Gasteiger partial charge is 0.271 e. The average molecular weight is 397 g/mol. The number of nitrogens with one attached hydrogen (secondary N) is 4. The topological polar surface area (TPSA) is 115 Å². The molecule has 0 saturated carbocycles. The summed E-state index contributed by atoms with van der Waals surface area (Å²) in [5, 5.41) is 9.41. The van der Waals surface area contributed by atoms with Crippen LogP contribution in [0.5, 0.6) is 0 Å². The Bertz CT molecular complexity index is 932. The van der Waals surface area contributed by atoms with E-state index in [0.29, 0.717) is 42.9 Å². The number of nitrogens with zero attached hydrogens (tertiary/aromatic N) is 3. The van der Waals surface area contributed by atoms with Crippen molar-refractivity contribution in [2.45, 2.75) is 25.9 Å². The second-order valence-corrected chi connectivity index (χ2v) is 7.22. The summed E-state index contributed by atoms with van der Waals surface area (Å²) in [5.74, 6) is 0.678. The van der Waals surface area contributed by atoms with Crippen LogP contribution in [-0.2, 0) is 4.79 Å². The number of pyridine rings is 1. The Morgan fingerprint density at radius 3 is 2.86 bits per heavy atom. The van der Waals surface area contributed by atoms with Crippen LogP contribution in [0.15, 0.2) is 41.6 Å². The van der Waals surface area contributed by atoms with Gasteiger partial charge in [-0.3, -0.25) is 9.59 Å². The molecule has 0 aliphatic carbocycles. The number of hydrogen-bond acceptors (Lipinski definition) is 7. The van der Waals surface area contributed by atoms with Gasteiger partial charge in [0.15, 0.2) is 0 Å². The van der Waals surface area contributed by atoms with Gasteiger partial charge in [-0.2, -0.15) is 0 Å². The van der Waals surface area contributed by atoms with E-state index in [1.165, 1.54) is 6.33 Å². The van der Waals surface area contributed by atoms with Gasteiger partial charge in [-0.15, -0.1) is 0 Å². The number of aromatic nitrogens is 3. The number of hydrogen-bond donors (Lipinski definition) is 4. The molecule has 9 heteroatoms. The molecule has 0 spiro atoms. The van der Waals surface area contributed by atoms with Gasteiger partial charge in [0.1, 0.15) is 17.8 Å². The van der Waals surface area contributed by atoms with Crippen LogP contribution in [0.3, 0.4) is 0 Å². The Labute approximate surface area is 169 Å². The summed E-state index contributed by atoms with van der Waals surface area (Å²) in [5.41, 5.74) is 1.73. The first-order chi connectivity index (χ1) is 14.0. The fourth-order valence-electron chi connectivity index (χ4n) is 2.93. The van der Waals surface area contributed by atoms with Crippen LogP contribution in [-0.4, -0.2) is 64.5 Å². The highest BCUT2D eigenvalue weighted by molar-refractivity contribution is 5.88. The summed E-state index contributed by atoms with van der Waals surface area (Å²) < 4.78 is 0. The monoisotopic (exact) mass is 397 g/mol. The van der Waals surface area contributed by atoms with Crippen LogP contribution in [0.2, 0.25) is 0 Å². The quantitative estimate of drug-likeness (QED) is 0.492. The second kappa shape index (κ2) is 9.33. The first-order valence-corrected chi connectivity index (χ1v) is 9.64. The predicted octanol–water partition coefficient (Wildman–Crippen LogP) is 1.05. The van der Waals surface area contributed by atoms with Gasteiger partial charge in [0.2, 0.25) is 5.91 Å². The molecule has 0 bridgehead atoms. The molecule has 1 aliphatic heterocycles. The van der Waals surface area contributed by atoms with Crippen molar-refractivity contribution >= 4 is 17.4 Å². The van der Waals surface area contributed by atoms with E-state index in [1.54, 1.807) is 30.3 Å². The van der Waals surface area contributed by atoms with E-state index in [1.807, 2.05) is 12.1 Å². The number of H-pyrrole nitrogens is 1. The normalized spacial score (nSPS) is 14.3. The minimum absolute atomic E-state index is 0.0168. The van der Waals surface area contributed by atoms with E-state index in [0.717, 1.165) is 5.56 Å². The molecule has 3 heterocycles. The Balaban J connectivity index is 1.58. The lowest BCUT2D eigenvalue weighted by molar-refractivity contribution is -0.129. The largest absolute Gasteiger partial charge is 0.374 e. The minimum Gasteiger partial charge on any atom is -0.374 e. The van der Waals surface area contributed by atoms with Crippen LogP contribution in [0.1, 0.15) is 13.8 Å². The summed E-state index contributed by atoms with van der Waals surface area (Å²) in [6.07, 6.45) is 6.52. The molecule has 1 fully saturated rings. The van der Waals surface area contributed by atoms with Crippen molar-refractivity contribution in [3.05, 3.63) is 47.2 Å². The molecular weight excluding hydrogens is 370 g/mol. The summed E-state index contributed by atoms with van der Waals surface area (Å²) >= 11 is 0. The first-order valence-electron chi connectivity index (χ1n) is 9.64. The van der Waals surface area contributed by atoms with Crippen molar-refractivity contribution in [1.29, 1.82) is 0 Å². The maximum Gasteiger partial charge on any atom is 0.271 e. The van der Waals surface area contributed by atoms with Crippen LogP contribution in [0.25, 0.3) is 11.3 Å². The van der Waals surface area contributed by atoms with Gasteiger partial charge in [0, 0.05) is 56.6 Å². The van der Waals surface area contributed by atoms with Crippen molar-refractivity contribution in [1.82, 2.24) is 25.2 Å². The van der Waals surface area contributed by atoms with Gasteiger partial charge < -0.3 is 25.8 Å². The second-order valence-electron chi connectivity index (χ2n) is 7.22. The van der Waals surface area contributed by atoms with Gasteiger partial charge in [-0.05, 0) is 6.07 Å². The van der Waals surface area contributed by atoms with Crippen molar-refractivity contribution in [3.63, 3.8) is 0 Å². The molecule has 2 aromatic rings. The third kappa shape index (κ3) is 5.41. The van der Waals surface area contributed by atoms with Crippen LogP contribution >= 0.6 is 0 Å². The van der Waals surface area contributed by atoms with E-state index in [-0.39, 0.29) is 17.5 Å². The van der Waals surface area contributed by atoms with Crippen LogP contribution < -0.4 is 21.5 Å². The lowest BCUT2D eigenvalue weighted by Crippen LogP contribution is -2.57. The SMILES string of the molecule is CNc1cc(-c2c[nH]c(=O)c(NC3CN(C(=O)C=CCNC(C)C)C3)c2)ncn1. The highest BCUT2D eigenvalue weighted by Gasteiger charge is 2.29. The number of anilines is 2. The van der Waals surface area contributed by atoms with E-state index < -0.39 is 0 Å². The molecular formula is C20H27N7O2. The average Bonchev–Trinajstić information content (AvgIpc) is 2.68. The Hall–Kier alpha value is -3.20. The molecule has 1 amide bonds. The third-order valence-corrected chi connectivity index (χ3v) is 4.58. The highest BCUT2D eigenvalue weighted by atomic mass is 16.2. The summed E-state index contributed by atoms with van der Waals surface area (Å²) in [7, 11) is 1.78. The van der Waals surface area contributed by atoms with E-state index in [9.17, 15) is 9.59 Å². The maximum atomic E-state index is 12.2. The molecule has 0 atom stereocenters. The van der Waals surface area contributed by atoms with Crippen molar-refractivity contribution in [2.24, 2.45) is 0 Å². The third-order valence-electron chi connectivity index (χ3n) is 4.58. The molecule has 1 aliphatic rings. The van der Waals surface area contributed by atoms with Crippen molar-refractivity contribution in [2.75, 3.05) is 37.3 Å². The molecule has 154 valence electrons. The lowest BCUT2D eigenvalue weighted by Gasteiger charge is -2.39. The molecule has 9 nitrogen and oxygen atoms in total. The molecule has 3 rings (SSSR count). The standard InChI is InChI=1S/C20H27N7O2/c1-13(2)22-6-4-5-19(28)27-10-15(11-27)26-17-7-14(9-23-20(17)29)16-8-18(21-3)25-12-24-16/h4-5,7-9,12-13,15,22,26H,6,10-11H2,1-3H3,(H,23,29)(H,21,24,25). The number of aromatic amines is 1. The Morgan fingerprint density at radius 2 is 2.14 bits per heavy atom.